The van der Waals surface area contributed by atoms with Gasteiger partial charge in [-0.2, -0.15) is 0 Å². The summed E-state index contributed by atoms with van der Waals surface area (Å²) >= 11 is 0. The lowest BCUT2D eigenvalue weighted by molar-refractivity contribution is 0.0999. The molecule has 0 radical (unpaired) electrons. The van der Waals surface area contributed by atoms with Crippen LogP contribution in [0.3, 0.4) is 0 Å². The standard InChI is InChI=1S/C15H13NO3/c16-15(18)13-5-1-12(2-6-13)10-19-14-7-3-11(9-17)4-8-14/h1-9H,10H2,(H2,16,18). The van der Waals surface area contributed by atoms with Crippen molar-refractivity contribution in [2.24, 2.45) is 5.73 Å². The number of carbonyl (C=O) groups excluding carboxylic acids is 2. The molecule has 2 N–H and O–H groups in total. The van der Waals surface area contributed by atoms with Crippen LogP contribution in [-0.2, 0) is 6.61 Å². The van der Waals surface area contributed by atoms with Crippen molar-refractivity contribution in [1.29, 1.82) is 0 Å². The summed E-state index contributed by atoms with van der Waals surface area (Å²) in [7, 11) is 0. The Hall–Kier alpha value is -2.62. The Morgan fingerprint density at radius 2 is 1.68 bits per heavy atom. The summed E-state index contributed by atoms with van der Waals surface area (Å²) in [5.41, 5.74) is 7.17. The maximum Gasteiger partial charge on any atom is 0.248 e. The second kappa shape index (κ2) is 5.82. The van der Waals surface area contributed by atoms with Crippen molar-refractivity contribution in [3.8, 4) is 5.75 Å². The van der Waals surface area contributed by atoms with Gasteiger partial charge in [-0.25, -0.2) is 0 Å². The molecule has 0 aliphatic rings. The van der Waals surface area contributed by atoms with Crippen molar-refractivity contribution in [3.63, 3.8) is 0 Å². The van der Waals surface area contributed by atoms with Crippen LogP contribution in [-0.4, -0.2) is 12.2 Å². The van der Waals surface area contributed by atoms with Gasteiger partial charge < -0.3 is 10.5 Å². The third-order valence-electron chi connectivity index (χ3n) is 2.66. The lowest BCUT2D eigenvalue weighted by atomic mass is 10.1. The number of amides is 1. The molecule has 0 bridgehead atoms. The van der Waals surface area contributed by atoms with Crippen LogP contribution in [0.1, 0.15) is 26.3 Å². The predicted octanol–water partition coefficient (Wildman–Crippen LogP) is 2.18. The minimum Gasteiger partial charge on any atom is -0.489 e. The van der Waals surface area contributed by atoms with E-state index in [-0.39, 0.29) is 0 Å². The lowest BCUT2D eigenvalue weighted by Gasteiger charge is -2.06. The number of benzene rings is 2. The summed E-state index contributed by atoms with van der Waals surface area (Å²) in [6.07, 6.45) is 0.784. The van der Waals surface area contributed by atoms with E-state index in [2.05, 4.69) is 0 Å². The molecule has 0 unspecified atom stereocenters. The highest BCUT2D eigenvalue weighted by molar-refractivity contribution is 5.92. The summed E-state index contributed by atoms with van der Waals surface area (Å²) < 4.78 is 5.56. The number of hydrogen-bond acceptors (Lipinski definition) is 3. The number of rotatable bonds is 5. The molecule has 0 heterocycles. The average Bonchev–Trinajstić information content (AvgIpc) is 2.46. The summed E-state index contributed by atoms with van der Waals surface area (Å²) in [6, 6.07) is 13.8. The molecular formula is C15H13NO3. The van der Waals surface area contributed by atoms with Crippen molar-refractivity contribution in [3.05, 3.63) is 65.2 Å². The first-order valence-corrected chi connectivity index (χ1v) is 5.76. The Morgan fingerprint density at radius 3 is 2.21 bits per heavy atom. The van der Waals surface area contributed by atoms with E-state index >= 15 is 0 Å². The van der Waals surface area contributed by atoms with E-state index in [4.69, 9.17) is 10.5 Å². The van der Waals surface area contributed by atoms with Gasteiger partial charge in [-0.3, -0.25) is 9.59 Å². The molecule has 1 amide bonds. The molecule has 0 aliphatic heterocycles. The fraction of sp³-hybridized carbons (Fsp3) is 0.0667. The van der Waals surface area contributed by atoms with Gasteiger partial charge in [0.2, 0.25) is 5.91 Å². The Bertz CT molecular complexity index is 573. The molecule has 0 saturated heterocycles. The van der Waals surface area contributed by atoms with Crippen LogP contribution in [0.4, 0.5) is 0 Å². The first-order valence-electron chi connectivity index (χ1n) is 5.76. The maximum atomic E-state index is 10.9. The highest BCUT2D eigenvalue weighted by Crippen LogP contribution is 2.13. The monoisotopic (exact) mass is 255 g/mol. The van der Waals surface area contributed by atoms with Crippen LogP contribution in [0.25, 0.3) is 0 Å². The molecule has 0 saturated carbocycles. The summed E-state index contributed by atoms with van der Waals surface area (Å²) in [5.74, 6) is 0.237. The van der Waals surface area contributed by atoms with Crippen LogP contribution in [0.2, 0.25) is 0 Å². The zero-order valence-corrected chi connectivity index (χ0v) is 10.2. The minimum atomic E-state index is -0.447. The second-order valence-corrected chi connectivity index (χ2v) is 4.04. The van der Waals surface area contributed by atoms with Gasteiger partial charge in [0.15, 0.2) is 0 Å². The van der Waals surface area contributed by atoms with E-state index < -0.39 is 5.91 Å². The summed E-state index contributed by atoms with van der Waals surface area (Å²) in [4.78, 5) is 21.4. The number of aldehydes is 1. The summed E-state index contributed by atoms with van der Waals surface area (Å²) in [6.45, 7) is 0.388. The van der Waals surface area contributed by atoms with Crippen LogP contribution in [0.15, 0.2) is 48.5 Å². The Labute approximate surface area is 110 Å². The van der Waals surface area contributed by atoms with Crippen molar-refractivity contribution >= 4 is 12.2 Å². The molecule has 2 rings (SSSR count). The fourth-order valence-corrected chi connectivity index (χ4v) is 1.57. The van der Waals surface area contributed by atoms with Crippen LogP contribution >= 0.6 is 0 Å². The maximum absolute atomic E-state index is 10.9. The van der Waals surface area contributed by atoms with Gasteiger partial charge in [0.1, 0.15) is 18.6 Å². The smallest absolute Gasteiger partial charge is 0.248 e. The van der Waals surface area contributed by atoms with E-state index in [9.17, 15) is 9.59 Å². The van der Waals surface area contributed by atoms with Gasteiger partial charge in [0, 0.05) is 11.1 Å². The van der Waals surface area contributed by atoms with Gasteiger partial charge in [0.05, 0.1) is 0 Å². The molecule has 0 aromatic heterocycles. The number of primary amides is 1. The largest absolute Gasteiger partial charge is 0.489 e. The normalized spacial score (nSPS) is 9.89. The highest BCUT2D eigenvalue weighted by atomic mass is 16.5. The average molecular weight is 255 g/mol. The molecule has 2 aromatic carbocycles. The highest BCUT2D eigenvalue weighted by Gasteiger charge is 2.00. The second-order valence-electron chi connectivity index (χ2n) is 4.04. The van der Waals surface area contributed by atoms with Gasteiger partial charge in [-0.05, 0) is 42.0 Å². The van der Waals surface area contributed by atoms with E-state index in [1.165, 1.54) is 0 Å². The molecule has 2 aromatic rings. The van der Waals surface area contributed by atoms with Gasteiger partial charge in [-0.1, -0.05) is 12.1 Å². The van der Waals surface area contributed by atoms with Crippen molar-refractivity contribution in [1.82, 2.24) is 0 Å². The number of nitrogens with two attached hydrogens (primary N) is 1. The Kier molecular flexibility index (Phi) is 3.93. The summed E-state index contributed by atoms with van der Waals surface area (Å²) in [5, 5.41) is 0. The number of carbonyl (C=O) groups is 2. The molecule has 19 heavy (non-hydrogen) atoms. The zero-order chi connectivity index (χ0) is 13.7. The first-order chi connectivity index (χ1) is 9.19. The molecular weight excluding hydrogens is 242 g/mol. The quantitative estimate of drug-likeness (QED) is 0.832. The van der Waals surface area contributed by atoms with Crippen LogP contribution in [0.5, 0.6) is 5.75 Å². The molecule has 4 heteroatoms. The minimum absolute atomic E-state index is 0.388. The number of hydrogen-bond donors (Lipinski definition) is 1. The van der Waals surface area contributed by atoms with E-state index in [0.29, 0.717) is 23.5 Å². The third kappa shape index (κ3) is 3.42. The molecule has 0 aliphatic carbocycles. The topological polar surface area (TPSA) is 69.4 Å². The fourth-order valence-electron chi connectivity index (χ4n) is 1.57. The molecule has 4 nitrogen and oxygen atoms in total. The molecule has 0 fully saturated rings. The molecule has 0 atom stereocenters. The van der Waals surface area contributed by atoms with Gasteiger partial charge in [-0.15, -0.1) is 0 Å². The van der Waals surface area contributed by atoms with Crippen molar-refractivity contribution in [2.45, 2.75) is 6.61 Å². The van der Waals surface area contributed by atoms with E-state index in [1.807, 2.05) is 0 Å². The van der Waals surface area contributed by atoms with Gasteiger partial charge >= 0.3 is 0 Å². The molecule has 96 valence electrons. The number of ether oxygens (including phenoxy) is 1. The van der Waals surface area contributed by atoms with Crippen molar-refractivity contribution < 1.29 is 14.3 Å². The van der Waals surface area contributed by atoms with Crippen LogP contribution in [0, 0.1) is 0 Å². The Morgan fingerprint density at radius 1 is 1.05 bits per heavy atom. The zero-order valence-electron chi connectivity index (χ0n) is 10.2. The third-order valence-corrected chi connectivity index (χ3v) is 2.66. The lowest BCUT2D eigenvalue weighted by Crippen LogP contribution is -2.10. The van der Waals surface area contributed by atoms with E-state index in [1.54, 1.807) is 48.5 Å². The van der Waals surface area contributed by atoms with Crippen molar-refractivity contribution in [2.75, 3.05) is 0 Å². The Balaban J connectivity index is 1.97. The van der Waals surface area contributed by atoms with E-state index in [0.717, 1.165) is 11.8 Å². The predicted molar refractivity (Wildman–Crippen MR) is 71.1 cm³/mol. The van der Waals surface area contributed by atoms with Crippen LogP contribution < -0.4 is 10.5 Å². The SMILES string of the molecule is NC(=O)c1ccc(COc2ccc(C=O)cc2)cc1. The van der Waals surface area contributed by atoms with Gasteiger partial charge in [0.25, 0.3) is 0 Å². The molecule has 0 spiro atoms. The first kappa shape index (κ1) is 12.8.